The van der Waals surface area contributed by atoms with Crippen molar-refractivity contribution in [3.63, 3.8) is 0 Å². The Morgan fingerprint density at radius 3 is 2.77 bits per heavy atom. The van der Waals surface area contributed by atoms with E-state index in [1.165, 1.54) is 0 Å². The highest BCUT2D eigenvalue weighted by molar-refractivity contribution is 5.89. The third-order valence-corrected chi connectivity index (χ3v) is 5.86. The van der Waals surface area contributed by atoms with Crippen molar-refractivity contribution in [2.24, 2.45) is 7.05 Å². The number of nitrogens with zero attached hydrogens (tertiary/aromatic N) is 2. The van der Waals surface area contributed by atoms with Crippen molar-refractivity contribution in [1.82, 2.24) is 14.5 Å². The summed E-state index contributed by atoms with van der Waals surface area (Å²) in [5, 5.41) is 29.6. The van der Waals surface area contributed by atoms with Gasteiger partial charge in [0.25, 0.3) is 5.56 Å². The molecular formula is C22H25N3O6. The number of carboxylic acid groups (broad SMARTS) is 1. The molecule has 0 bridgehead atoms. The van der Waals surface area contributed by atoms with Gasteiger partial charge in [-0.05, 0) is 50.1 Å². The van der Waals surface area contributed by atoms with Crippen LogP contribution in [-0.2, 0) is 26.4 Å². The van der Waals surface area contributed by atoms with Crippen molar-refractivity contribution < 1.29 is 24.9 Å². The second-order valence-electron chi connectivity index (χ2n) is 7.93. The largest absolute Gasteiger partial charge is 0.511 e. The van der Waals surface area contributed by atoms with E-state index < -0.39 is 23.2 Å². The van der Waals surface area contributed by atoms with E-state index >= 15 is 0 Å². The fraction of sp³-hybridized carbons (Fsp3) is 0.364. The summed E-state index contributed by atoms with van der Waals surface area (Å²) >= 11 is 0. The maximum atomic E-state index is 12.4. The van der Waals surface area contributed by atoms with Crippen LogP contribution < -0.4 is 10.3 Å². The number of aromatic nitrogens is 2. The summed E-state index contributed by atoms with van der Waals surface area (Å²) in [7, 11) is 3.95. The Labute approximate surface area is 178 Å². The standard InChI is InChI=1S/C22H25N3O6/c1-24(6-7-26)11-14-8-13-9-16-12(10-17(13)25(14)2)4-3-5-15-18(16)23-21(28)20(19(15)27)31-22(29)30/h8-10,26H,3-7,11H2,1-2H3,(H,29,30)(H2,23,27,28). The number of hydrogen-bond acceptors (Lipinski definition) is 6. The smallest absolute Gasteiger partial charge is 0.504 e. The summed E-state index contributed by atoms with van der Waals surface area (Å²) in [5.41, 5.74) is 4.20. The van der Waals surface area contributed by atoms with Gasteiger partial charge in [-0.15, -0.1) is 0 Å². The molecule has 0 amide bonds. The summed E-state index contributed by atoms with van der Waals surface area (Å²) in [5.74, 6) is -1.02. The third kappa shape index (κ3) is 3.77. The molecule has 0 atom stereocenters. The minimum atomic E-state index is -1.65. The summed E-state index contributed by atoms with van der Waals surface area (Å²) < 4.78 is 6.64. The molecule has 0 aliphatic heterocycles. The minimum Gasteiger partial charge on any atom is -0.504 e. The lowest BCUT2D eigenvalue weighted by Crippen LogP contribution is -2.22. The summed E-state index contributed by atoms with van der Waals surface area (Å²) in [6, 6.07) is 6.18. The van der Waals surface area contributed by atoms with Gasteiger partial charge in [0.2, 0.25) is 5.75 Å². The molecular weight excluding hydrogens is 402 g/mol. The first-order chi connectivity index (χ1) is 14.8. The van der Waals surface area contributed by atoms with Crippen LogP contribution in [0.2, 0.25) is 0 Å². The second-order valence-corrected chi connectivity index (χ2v) is 7.93. The molecule has 0 saturated heterocycles. The Bertz CT molecular complexity index is 1230. The zero-order valence-corrected chi connectivity index (χ0v) is 17.4. The molecule has 0 unspecified atom stereocenters. The lowest BCUT2D eigenvalue weighted by atomic mass is 9.99. The molecule has 0 saturated carbocycles. The van der Waals surface area contributed by atoms with E-state index in [0.717, 1.165) is 40.6 Å². The van der Waals surface area contributed by atoms with Gasteiger partial charge in [0, 0.05) is 47.9 Å². The predicted octanol–water partition coefficient (Wildman–Crippen LogP) is 2.21. The van der Waals surface area contributed by atoms with E-state index in [4.69, 9.17) is 10.2 Å². The fourth-order valence-corrected chi connectivity index (χ4v) is 4.32. The van der Waals surface area contributed by atoms with Crippen LogP contribution in [0.25, 0.3) is 22.2 Å². The maximum absolute atomic E-state index is 12.4. The van der Waals surface area contributed by atoms with Gasteiger partial charge in [0.15, 0.2) is 5.75 Å². The van der Waals surface area contributed by atoms with Crippen molar-refractivity contribution in [1.29, 1.82) is 0 Å². The van der Waals surface area contributed by atoms with E-state index in [1.807, 2.05) is 25.1 Å². The fourth-order valence-electron chi connectivity index (χ4n) is 4.32. The summed E-state index contributed by atoms with van der Waals surface area (Å²) in [6.07, 6.45) is 0.311. The number of ether oxygens (including phenoxy) is 1. The third-order valence-electron chi connectivity index (χ3n) is 5.86. The number of carbonyl (C=O) groups is 1. The molecule has 4 N–H and O–H groups in total. The number of benzene rings is 1. The number of aliphatic hydroxyl groups excluding tert-OH is 1. The number of hydrogen-bond donors (Lipinski definition) is 4. The zero-order chi connectivity index (χ0) is 22.3. The van der Waals surface area contributed by atoms with E-state index in [1.54, 1.807) is 0 Å². The number of aromatic amines is 1. The van der Waals surface area contributed by atoms with Crippen molar-refractivity contribution in [2.75, 3.05) is 20.2 Å². The molecule has 9 heteroatoms. The molecule has 1 aromatic carbocycles. The molecule has 0 fully saturated rings. The number of aryl methyl sites for hydroxylation is 2. The van der Waals surface area contributed by atoms with E-state index in [0.29, 0.717) is 30.8 Å². The molecule has 4 rings (SSSR count). The summed E-state index contributed by atoms with van der Waals surface area (Å²) in [6.45, 7) is 1.35. The number of nitrogens with one attached hydrogen (secondary N) is 1. The average molecular weight is 427 g/mol. The lowest BCUT2D eigenvalue weighted by Gasteiger charge is -2.15. The van der Waals surface area contributed by atoms with Crippen LogP contribution in [-0.4, -0.2) is 56.1 Å². The Hall–Kier alpha value is -3.30. The van der Waals surface area contributed by atoms with Crippen molar-refractivity contribution >= 4 is 17.1 Å². The minimum absolute atomic E-state index is 0.0932. The number of likely N-dealkylation sites (N-methyl/N-ethyl adjacent to an activating group) is 1. The van der Waals surface area contributed by atoms with Crippen molar-refractivity contribution in [3.05, 3.63) is 45.4 Å². The first-order valence-electron chi connectivity index (χ1n) is 10.1. The number of pyridine rings is 1. The Balaban J connectivity index is 1.86. The highest BCUT2D eigenvalue weighted by atomic mass is 16.7. The topological polar surface area (TPSA) is 128 Å². The van der Waals surface area contributed by atoms with Gasteiger partial charge < -0.3 is 29.6 Å². The molecule has 31 heavy (non-hydrogen) atoms. The monoisotopic (exact) mass is 427 g/mol. The van der Waals surface area contributed by atoms with Gasteiger partial charge in [-0.2, -0.15) is 0 Å². The molecule has 0 radical (unpaired) electrons. The Morgan fingerprint density at radius 2 is 2.06 bits per heavy atom. The maximum Gasteiger partial charge on any atom is 0.511 e. The number of aromatic hydroxyl groups is 1. The first kappa shape index (κ1) is 21.0. The number of aliphatic hydroxyl groups is 1. The van der Waals surface area contributed by atoms with E-state index in [2.05, 4.69) is 26.4 Å². The molecule has 164 valence electrons. The Kier molecular flexibility index (Phi) is 5.47. The van der Waals surface area contributed by atoms with Crippen molar-refractivity contribution in [2.45, 2.75) is 25.8 Å². The van der Waals surface area contributed by atoms with Crippen LogP contribution in [0, 0.1) is 0 Å². The van der Waals surface area contributed by atoms with Gasteiger partial charge in [0.1, 0.15) is 0 Å². The lowest BCUT2D eigenvalue weighted by molar-refractivity contribution is 0.142. The zero-order valence-electron chi connectivity index (χ0n) is 17.4. The number of fused-ring (bicyclic) bond motifs is 4. The highest BCUT2D eigenvalue weighted by Crippen LogP contribution is 2.40. The normalized spacial score (nSPS) is 13.2. The molecule has 1 aliphatic rings. The van der Waals surface area contributed by atoms with Gasteiger partial charge in [-0.3, -0.25) is 9.69 Å². The van der Waals surface area contributed by atoms with Crippen LogP contribution in [0.4, 0.5) is 4.79 Å². The average Bonchev–Trinajstić information content (AvgIpc) is 2.89. The predicted molar refractivity (Wildman–Crippen MR) is 115 cm³/mol. The molecule has 2 aromatic heterocycles. The van der Waals surface area contributed by atoms with E-state index in [-0.39, 0.29) is 6.61 Å². The highest BCUT2D eigenvalue weighted by Gasteiger charge is 2.25. The van der Waals surface area contributed by atoms with Gasteiger partial charge in [-0.1, -0.05) is 0 Å². The number of rotatable bonds is 5. The summed E-state index contributed by atoms with van der Waals surface area (Å²) in [4.78, 5) is 28.1. The van der Waals surface area contributed by atoms with Crippen LogP contribution >= 0.6 is 0 Å². The SMILES string of the molecule is CN(CCO)Cc1cc2cc3c(cc2n1C)CCCc1c-3[nH]c(=O)c(OC(=O)O)c1O. The van der Waals surface area contributed by atoms with Crippen LogP contribution in [0.3, 0.4) is 0 Å². The Morgan fingerprint density at radius 1 is 1.29 bits per heavy atom. The van der Waals surface area contributed by atoms with Gasteiger partial charge >= 0.3 is 6.16 Å². The number of H-pyrrole nitrogens is 1. The second kappa shape index (κ2) is 8.09. The molecule has 1 aliphatic carbocycles. The first-order valence-corrected chi connectivity index (χ1v) is 10.1. The molecule has 0 spiro atoms. The molecule has 9 nitrogen and oxygen atoms in total. The van der Waals surface area contributed by atoms with Crippen LogP contribution in [0.15, 0.2) is 23.0 Å². The molecule has 2 heterocycles. The van der Waals surface area contributed by atoms with Gasteiger partial charge in [-0.25, -0.2) is 4.79 Å². The molecule has 3 aromatic rings. The van der Waals surface area contributed by atoms with Gasteiger partial charge in [0.05, 0.1) is 12.3 Å². The van der Waals surface area contributed by atoms with Crippen LogP contribution in [0.1, 0.15) is 23.2 Å². The van der Waals surface area contributed by atoms with E-state index in [9.17, 15) is 14.7 Å². The quantitative estimate of drug-likeness (QED) is 0.460. The van der Waals surface area contributed by atoms with Crippen molar-refractivity contribution in [3.8, 4) is 22.8 Å². The van der Waals surface area contributed by atoms with Crippen LogP contribution in [0.5, 0.6) is 11.5 Å².